The van der Waals surface area contributed by atoms with Gasteiger partial charge < -0.3 is 10.6 Å². The van der Waals surface area contributed by atoms with E-state index in [1.807, 2.05) is 43.5 Å². The molecule has 0 aliphatic carbocycles. The number of hydrogen-bond acceptors (Lipinski definition) is 2. The van der Waals surface area contributed by atoms with Crippen molar-refractivity contribution in [2.45, 2.75) is 25.6 Å². The molecular weight excluding hydrogens is 446 g/mol. The largest absolute Gasteiger partial charge is 0.390 e. The van der Waals surface area contributed by atoms with Crippen molar-refractivity contribution < 1.29 is 13.2 Å². The van der Waals surface area contributed by atoms with E-state index in [4.69, 9.17) is 0 Å². The normalized spacial score (nSPS) is 13.1. The Bertz CT molecular complexity index is 671. The number of nitrogens with one attached hydrogen (secondary N) is 2. The van der Waals surface area contributed by atoms with Gasteiger partial charge in [0.25, 0.3) is 0 Å². The van der Waals surface area contributed by atoms with Crippen LogP contribution in [0, 0.1) is 0 Å². The molecule has 0 aliphatic heterocycles. The summed E-state index contributed by atoms with van der Waals surface area (Å²) < 4.78 is 38.4. The zero-order chi connectivity index (χ0) is 17.6. The van der Waals surface area contributed by atoms with Gasteiger partial charge in [0, 0.05) is 26.0 Å². The summed E-state index contributed by atoms with van der Waals surface area (Å²) in [7, 11) is 1.52. The molecule has 2 N–H and O–H groups in total. The standard InChI is InChI=1S/C16H20F3N5.HI/c1-12(23-15(20-2)21-9-7-16(17,18)19)13-5-3-6-14(11-13)24-10-4-8-22-24;/h3-6,8,10-12H,7,9H2,1-2H3,(H2,20,21,23);1H. The van der Waals surface area contributed by atoms with Crippen LogP contribution in [0.2, 0.25) is 0 Å². The third-order valence-corrected chi connectivity index (χ3v) is 3.42. The third-order valence-electron chi connectivity index (χ3n) is 3.42. The fourth-order valence-electron chi connectivity index (χ4n) is 2.16. The first-order valence-electron chi connectivity index (χ1n) is 7.53. The molecule has 1 unspecified atom stereocenters. The lowest BCUT2D eigenvalue weighted by Gasteiger charge is -2.19. The summed E-state index contributed by atoms with van der Waals surface area (Å²) >= 11 is 0. The molecule has 0 radical (unpaired) electrons. The summed E-state index contributed by atoms with van der Waals surface area (Å²) in [5.41, 5.74) is 1.88. The summed E-state index contributed by atoms with van der Waals surface area (Å²) in [6.07, 6.45) is -1.55. The van der Waals surface area contributed by atoms with Gasteiger partial charge in [-0.25, -0.2) is 4.68 Å². The number of hydrogen-bond donors (Lipinski definition) is 2. The molecule has 0 aliphatic rings. The van der Waals surface area contributed by atoms with Crippen molar-refractivity contribution >= 4 is 29.9 Å². The second kappa shape index (κ2) is 9.64. The maximum absolute atomic E-state index is 12.2. The minimum atomic E-state index is -4.18. The molecule has 0 fully saturated rings. The van der Waals surface area contributed by atoms with E-state index in [-0.39, 0.29) is 36.6 Å². The van der Waals surface area contributed by atoms with E-state index < -0.39 is 12.6 Å². The number of rotatable bonds is 5. The average molecular weight is 467 g/mol. The zero-order valence-corrected chi connectivity index (χ0v) is 16.2. The van der Waals surface area contributed by atoms with Crippen LogP contribution in [0.1, 0.15) is 24.9 Å². The molecular formula is C16H21F3IN5. The predicted octanol–water partition coefficient (Wildman–Crippen LogP) is 3.67. The van der Waals surface area contributed by atoms with Crippen molar-refractivity contribution in [2.24, 2.45) is 4.99 Å². The van der Waals surface area contributed by atoms with Crippen LogP contribution in [0.5, 0.6) is 0 Å². The van der Waals surface area contributed by atoms with E-state index in [1.165, 1.54) is 7.05 Å². The SMILES string of the molecule is CN=C(NCCC(F)(F)F)NC(C)c1cccc(-n2cccn2)c1.I. The first-order valence-corrected chi connectivity index (χ1v) is 7.53. The summed E-state index contributed by atoms with van der Waals surface area (Å²) in [6.45, 7) is 1.70. The molecule has 25 heavy (non-hydrogen) atoms. The molecule has 0 amide bonds. The van der Waals surface area contributed by atoms with E-state index in [1.54, 1.807) is 10.9 Å². The Morgan fingerprint density at radius 2 is 2.08 bits per heavy atom. The smallest absolute Gasteiger partial charge is 0.356 e. The Hall–Kier alpha value is -1.78. The van der Waals surface area contributed by atoms with Crippen molar-refractivity contribution in [1.29, 1.82) is 0 Å². The molecule has 1 aromatic heterocycles. The van der Waals surface area contributed by atoms with Gasteiger partial charge in [0.1, 0.15) is 0 Å². The molecule has 1 atom stereocenters. The van der Waals surface area contributed by atoms with Crippen LogP contribution < -0.4 is 10.6 Å². The number of alkyl halides is 3. The molecule has 0 bridgehead atoms. The first-order chi connectivity index (χ1) is 11.4. The van der Waals surface area contributed by atoms with Crippen molar-refractivity contribution in [1.82, 2.24) is 20.4 Å². The molecule has 138 valence electrons. The topological polar surface area (TPSA) is 54.2 Å². The van der Waals surface area contributed by atoms with Gasteiger partial charge in [-0.1, -0.05) is 12.1 Å². The molecule has 9 heteroatoms. The number of nitrogens with zero attached hydrogens (tertiary/aromatic N) is 3. The van der Waals surface area contributed by atoms with Crippen LogP contribution in [0.4, 0.5) is 13.2 Å². The van der Waals surface area contributed by atoms with Crippen LogP contribution in [0.25, 0.3) is 5.69 Å². The van der Waals surface area contributed by atoms with Crippen LogP contribution in [-0.2, 0) is 0 Å². The Kier molecular flexibility index (Phi) is 8.20. The molecule has 1 heterocycles. The Labute approximate surface area is 161 Å². The van der Waals surface area contributed by atoms with Crippen LogP contribution in [-0.4, -0.2) is 35.5 Å². The summed E-state index contributed by atoms with van der Waals surface area (Å²) in [5, 5.41) is 9.93. The van der Waals surface area contributed by atoms with Gasteiger partial charge in [0.2, 0.25) is 0 Å². The maximum atomic E-state index is 12.2. The van der Waals surface area contributed by atoms with Gasteiger partial charge in [0.05, 0.1) is 18.2 Å². The highest BCUT2D eigenvalue weighted by Gasteiger charge is 2.26. The zero-order valence-electron chi connectivity index (χ0n) is 13.9. The highest BCUT2D eigenvalue weighted by molar-refractivity contribution is 14.0. The second-order valence-electron chi connectivity index (χ2n) is 5.28. The predicted molar refractivity (Wildman–Crippen MR) is 103 cm³/mol. The lowest BCUT2D eigenvalue weighted by atomic mass is 10.1. The lowest BCUT2D eigenvalue weighted by molar-refractivity contribution is -0.132. The van der Waals surface area contributed by atoms with E-state index >= 15 is 0 Å². The minimum Gasteiger partial charge on any atom is -0.356 e. The van der Waals surface area contributed by atoms with Crippen molar-refractivity contribution in [3.63, 3.8) is 0 Å². The minimum absolute atomic E-state index is 0. The highest BCUT2D eigenvalue weighted by Crippen LogP contribution is 2.18. The van der Waals surface area contributed by atoms with Gasteiger partial charge in [-0.15, -0.1) is 24.0 Å². The number of aliphatic imine (C=N–C) groups is 1. The number of benzene rings is 1. The van der Waals surface area contributed by atoms with Gasteiger partial charge in [-0.05, 0) is 30.7 Å². The number of aromatic nitrogens is 2. The van der Waals surface area contributed by atoms with Gasteiger partial charge in [0.15, 0.2) is 5.96 Å². The lowest BCUT2D eigenvalue weighted by Crippen LogP contribution is -2.40. The molecule has 0 saturated heterocycles. The molecule has 2 aromatic rings. The fourth-order valence-corrected chi connectivity index (χ4v) is 2.16. The van der Waals surface area contributed by atoms with E-state index in [9.17, 15) is 13.2 Å². The third kappa shape index (κ3) is 6.92. The Morgan fingerprint density at radius 3 is 2.68 bits per heavy atom. The monoisotopic (exact) mass is 467 g/mol. The van der Waals surface area contributed by atoms with Crippen molar-refractivity contribution in [3.8, 4) is 5.69 Å². The van der Waals surface area contributed by atoms with Crippen molar-refractivity contribution in [3.05, 3.63) is 48.3 Å². The summed E-state index contributed by atoms with van der Waals surface area (Å²) in [5.74, 6) is 0.330. The molecule has 1 aromatic carbocycles. The summed E-state index contributed by atoms with van der Waals surface area (Å²) in [6, 6.07) is 9.45. The molecule has 5 nitrogen and oxygen atoms in total. The number of guanidine groups is 1. The van der Waals surface area contributed by atoms with E-state index in [0.29, 0.717) is 5.96 Å². The maximum Gasteiger partial charge on any atom is 0.390 e. The van der Waals surface area contributed by atoms with Crippen molar-refractivity contribution in [2.75, 3.05) is 13.6 Å². The highest BCUT2D eigenvalue weighted by atomic mass is 127. The van der Waals surface area contributed by atoms with Crippen LogP contribution >= 0.6 is 24.0 Å². The van der Waals surface area contributed by atoms with Gasteiger partial charge in [-0.3, -0.25) is 4.99 Å². The van der Waals surface area contributed by atoms with Gasteiger partial charge >= 0.3 is 6.18 Å². The number of halogens is 4. The molecule has 2 rings (SSSR count). The molecule has 0 spiro atoms. The second-order valence-corrected chi connectivity index (χ2v) is 5.28. The first kappa shape index (κ1) is 21.3. The Balaban J connectivity index is 0.00000312. The fraction of sp³-hybridized carbons (Fsp3) is 0.375. The molecule has 0 saturated carbocycles. The Morgan fingerprint density at radius 1 is 1.32 bits per heavy atom. The average Bonchev–Trinajstić information content (AvgIpc) is 3.07. The van der Waals surface area contributed by atoms with E-state index in [2.05, 4.69) is 20.7 Å². The summed E-state index contributed by atoms with van der Waals surface area (Å²) in [4.78, 5) is 3.95. The quantitative estimate of drug-likeness (QED) is 0.401. The van der Waals surface area contributed by atoms with Gasteiger partial charge in [-0.2, -0.15) is 18.3 Å². The van der Waals surface area contributed by atoms with Crippen LogP contribution in [0.15, 0.2) is 47.7 Å². The van der Waals surface area contributed by atoms with Crippen LogP contribution in [0.3, 0.4) is 0 Å². The van der Waals surface area contributed by atoms with E-state index in [0.717, 1.165) is 11.3 Å².